The van der Waals surface area contributed by atoms with Gasteiger partial charge in [-0.1, -0.05) is 121 Å². The number of hydrogen-bond acceptors (Lipinski definition) is 2. The highest BCUT2D eigenvalue weighted by Crippen LogP contribution is 2.59. The van der Waals surface area contributed by atoms with Crippen LogP contribution >= 0.6 is 116 Å². The van der Waals surface area contributed by atoms with Crippen LogP contribution in [0.5, 0.6) is 0 Å². The number of alkyl halides is 10. The fraction of sp³-hybridized carbons (Fsp3) is 0.778. The molecule has 0 N–H and O–H groups in total. The van der Waals surface area contributed by atoms with Crippen LogP contribution in [0.1, 0.15) is 31.3 Å². The Morgan fingerprint density at radius 1 is 0.773 bits per heavy atom. The first-order valence-electron chi connectivity index (χ1n) is 5.40. The molecule has 0 aromatic carbocycles. The maximum absolute atomic E-state index is 6.21. The number of halogens is 10. The summed E-state index contributed by atoms with van der Waals surface area (Å²) in [5.74, 6) is 0. The quantitative estimate of drug-likeness (QED) is 0.415. The molecule has 0 amide bonds. The fourth-order valence-electron chi connectivity index (χ4n) is 1.43. The molecule has 0 aliphatic rings. The van der Waals surface area contributed by atoms with Gasteiger partial charge in [0, 0.05) is 6.04 Å². The van der Waals surface area contributed by atoms with Crippen molar-refractivity contribution in [3.8, 4) is 0 Å². The molecule has 0 spiro atoms. The van der Waals surface area contributed by atoms with Crippen molar-refractivity contribution in [1.29, 1.82) is 0 Å². The minimum absolute atomic E-state index is 0.0952. The lowest BCUT2D eigenvalue weighted by atomic mass is 10.2. The van der Waals surface area contributed by atoms with Crippen LogP contribution in [0, 0.1) is 0 Å². The Kier molecular flexibility index (Phi) is 7.01. The predicted octanol–water partition coefficient (Wildman–Crippen LogP) is 6.86. The maximum atomic E-state index is 6.21. The summed E-state index contributed by atoms with van der Waals surface area (Å²) in [6, 6.07) is -0.278. The Labute approximate surface area is 177 Å². The molecule has 0 saturated heterocycles. The summed E-state index contributed by atoms with van der Waals surface area (Å²) >= 11 is 59.6. The Bertz CT molecular complexity index is 539. The van der Waals surface area contributed by atoms with Crippen molar-refractivity contribution >= 4 is 116 Å². The summed E-state index contributed by atoms with van der Waals surface area (Å²) in [7, 11) is 0. The SMILES string of the molecule is CC(C)n1nnc(C(Cl)(Cl)C(Cl)(Cl)Cl)c1C(Cl)(Cl)C(Cl)(Cl)Cl. The van der Waals surface area contributed by atoms with Gasteiger partial charge in [0.15, 0.2) is 0 Å². The molecule has 0 bridgehead atoms. The molecule has 1 aromatic heterocycles. The van der Waals surface area contributed by atoms with Crippen molar-refractivity contribution < 1.29 is 0 Å². The Hall–Kier alpha value is 2.04. The van der Waals surface area contributed by atoms with E-state index in [1.807, 2.05) is 0 Å². The highest BCUT2D eigenvalue weighted by atomic mass is 35.6. The minimum atomic E-state index is -2.18. The largest absolute Gasteiger partial charge is 0.243 e. The van der Waals surface area contributed by atoms with E-state index in [1.165, 1.54) is 4.68 Å². The smallest absolute Gasteiger partial charge is 0.228 e. The fourth-order valence-corrected chi connectivity index (χ4v) is 2.57. The summed E-state index contributed by atoms with van der Waals surface area (Å²) in [5.41, 5.74) is -0.331. The zero-order valence-electron chi connectivity index (χ0n) is 10.7. The topological polar surface area (TPSA) is 30.7 Å². The molecule has 3 nitrogen and oxygen atoms in total. The van der Waals surface area contributed by atoms with Gasteiger partial charge in [-0.25, -0.2) is 4.68 Å². The lowest BCUT2D eigenvalue weighted by Crippen LogP contribution is -2.37. The lowest BCUT2D eigenvalue weighted by molar-refractivity contribution is 0.484. The first-order valence-corrected chi connectivity index (χ1v) is 9.18. The van der Waals surface area contributed by atoms with E-state index in [0.717, 1.165) is 0 Å². The van der Waals surface area contributed by atoms with Crippen molar-refractivity contribution in [2.75, 3.05) is 0 Å². The summed E-state index contributed by atoms with van der Waals surface area (Å²) in [5, 5.41) is 7.66. The molecule has 0 fully saturated rings. The molecule has 0 aliphatic heterocycles. The second-order valence-electron chi connectivity index (χ2n) is 4.47. The number of nitrogens with zero attached hydrogens (tertiary/aromatic N) is 3. The van der Waals surface area contributed by atoms with E-state index in [2.05, 4.69) is 10.3 Å². The van der Waals surface area contributed by atoms with Crippen molar-refractivity contribution in [1.82, 2.24) is 15.0 Å². The molecule has 1 rings (SSSR count). The molecule has 13 heteroatoms. The second-order valence-corrected chi connectivity index (χ2v) is 11.7. The molecule has 1 heterocycles. The summed E-state index contributed by atoms with van der Waals surface area (Å²) in [6.45, 7) is 3.51. The standard InChI is InChI=1S/C9H7Cl10N3/c1-3(2)22-5(7(12,13)9(17,18)19)4(20-21-22)6(10,11)8(14,15)16/h3H,1-2H3. The number of hydrogen-bond donors (Lipinski definition) is 0. The van der Waals surface area contributed by atoms with Crippen molar-refractivity contribution in [3.63, 3.8) is 0 Å². The van der Waals surface area contributed by atoms with Gasteiger partial charge in [-0.15, -0.1) is 5.10 Å². The van der Waals surface area contributed by atoms with Gasteiger partial charge in [-0.2, -0.15) is 0 Å². The van der Waals surface area contributed by atoms with Crippen LogP contribution in [0.3, 0.4) is 0 Å². The number of aromatic nitrogens is 3. The van der Waals surface area contributed by atoms with Crippen LogP contribution in [-0.4, -0.2) is 22.6 Å². The highest BCUT2D eigenvalue weighted by molar-refractivity contribution is 6.76. The van der Waals surface area contributed by atoms with E-state index in [9.17, 15) is 0 Å². The summed E-state index contributed by atoms with van der Waals surface area (Å²) < 4.78 is -7.35. The molecule has 0 aliphatic carbocycles. The first-order chi connectivity index (χ1) is 9.55. The van der Waals surface area contributed by atoms with E-state index < -0.39 is 16.3 Å². The van der Waals surface area contributed by atoms with Crippen molar-refractivity contribution in [2.24, 2.45) is 0 Å². The van der Waals surface area contributed by atoms with Crippen LogP contribution in [0.2, 0.25) is 0 Å². The van der Waals surface area contributed by atoms with Gasteiger partial charge in [0.2, 0.25) is 16.3 Å². The molecule has 0 saturated carbocycles. The Morgan fingerprint density at radius 2 is 1.18 bits per heavy atom. The molecule has 0 radical (unpaired) electrons. The molecule has 1 aromatic rings. The summed E-state index contributed by atoms with van der Waals surface area (Å²) in [4.78, 5) is 0. The minimum Gasteiger partial charge on any atom is -0.243 e. The van der Waals surface area contributed by atoms with E-state index in [4.69, 9.17) is 116 Å². The van der Waals surface area contributed by atoms with Crippen molar-refractivity contribution in [3.05, 3.63) is 11.4 Å². The van der Waals surface area contributed by atoms with Gasteiger partial charge in [0.25, 0.3) is 0 Å². The van der Waals surface area contributed by atoms with Gasteiger partial charge in [-0.3, -0.25) is 0 Å². The first kappa shape index (κ1) is 22.1. The zero-order chi connectivity index (χ0) is 17.7. The van der Waals surface area contributed by atoms with E-state index in [0.29, 0.717) is 0 Å². The number of rotatable bonds is 3. The predicted molar refractivity (Wildman–Crippen MR) is 97.8 cm³/mol. The normalized spacial score (nSPS) is 14.8. The van der Waals surface area contributed by atoms with Gasteiger partial charge in [0.1, 0.15) is 11.4 Å². The zero-order valence-corrected chi connectivity index (χ0v) is 18.3. The lowest BCUT2D eigenvalue weighted by Gasteiger charge is -2.33. The third-order valence-electron chi connectivity index (χ3n) is 2.49. The molecule has 0 atom stereocenters. The second kappa shape index (κ2) is 6.98. The average Bonchev–Trinajstić information content (AvgIpc) is 2.70. The van der Waals surface area contributed by atoms with Crippen LogP contribution in [0.4, 0.5) is 0 Å². The molecular weight excluding hydrogens is 505 g/mol. The van der Waals surface area contributed by atoms with E-state index in [1.54, 1.807) is 13.8 Å². The van der Waals surface area contributed by atoms with Crippen molar-refractivity contribution in [2.45, 2.75) is 36.1 Å². The Morgan fingerprint density at radius 3 is 1.50 bits per heavy atom. The Balaban J connectivity index is 3.72. The van der Waals surface area contributed by atoms with Crippen LogP contribution in [-0.2, 0) is 8.67 Å². The van der Waals surface area contributed by atoms with Gasteiger partial charge in [-0.05, 0) is 13.8 Å². The van der Waals surface area contributed by atoms with E-state index in [-0.39, 0.29) is 17.4 Å². The van der Waals surface area contributed by atoms with Gasteiger partial charge in [0.05, 0.1) is 0 Å². The van der Waals surface area contributed by atoms with Crippen LogP contribution in [0.25, 0.3) is 0 Å². The van der Waals surface area contributed by atoms with Gasteiger partial charge >= 0.3 is 0 Å². The molecule has 128 valence electrons. The maximum Gasteiger partial charge on any atom is 0.228 e. The average molecular weight is 512 g/mol. The monoisotopic (exact) mass is 507 g/mol. The molecule has 0 unspecified atom stereocenters. The van der Waals surface area contributed by atoms with Gasteiger partial charge < -0.3 is 0 Å². The molecule has 22 heavy (non-hydrogen) atoms. The third-order valence-corrected chi connectivity index (χ3v) is 7.20. The summed E-state index contributed by atoms with van der Waals surface area (Å²) in [6.07, 6.45) is 0. The van der Waals surface area contributed by atoms with Crippen LogP contribution in [0.15, 0.2) is 0 Å². The highest BCUT2D eigenvalue weighted by Gasteiger charge is 2.58. The molecular formula is C9H7Cl10N3. The van der Waals surface area contributed by atoms with E-state index >= 15 is 0 Å². The van der Waals surface area contributed by atoms with Crippen LogP contribution < -0.4 is 0 Å². The third kappa shape index (κ3) is 4.06.